The van der Waals surface area contributed by atoms with Crippen molar-refractivity contribution >= 4 is 28.0 Å². The zero-order valence-corrected chi connectivity index (χ0v) is 19.5. The number of aryl methyl sites for hydroxylation is 1. The highest BCUT2D eigenvalue weighted by atomic mass is 32.2. The third-order valence-corrected chi connectivity index (χ3v) is 7.40. The summed E-state index contributed by atoms with van der Waals surface area (Å²) in [5, 5.41) is 1.17. The molecule has 0 radical (unpaired) electrons. The van der Waals surface area contributed by atoms with Gasteiger partial charge in [-0.05, 0) is 32.0 Å². The average molecular weight is 465 g/mol. The van der Waals surface area contributed by atoms with Crippen molar-refractivity contribution in [3.05, 3.63) is 53.6 Å². The van der Waals surface area contributed by atoms with Gasteiger partial charge in [-0.15, -0.1) is 0 Å². The van der Waals surface area contributed by atoms with Crippen molar-refractivity contribution < 1.29 is 17.6 Å². The highest BCUT2D eigenvalue weighted by Crippen LogP contribution is 2.24. The van der Waals surface area contributed by atoms with Gasteiger partial charge in [-0.1, -0.05) is 12.1 Å². The fourth-order valence-electron chi connectivity index (χ4n) is 3.53. The summed E-state index contributed by atoms with van der Waals surface area (Å²) in [5.74, 6) is -0.463. The number of carbonyl (C=O) groups is 1. The van der Waals surface area contributed by atoms with Gasteiger partial charge in [0.05, 0.1) is 17.6 Å². The number of pyridine rings is 1. The normalized spacial score (nSPS) is 18.0. The smallest absolute Gasteiger partial charge is 0.281 e. The molecule has 2 heterocycles. The number of nitrogens with one attached hydrogen (secondary N) is 1. The van der Waals surface area contributed by atoms with Gasteiger partial charge in [0, 0.05) is 57.6 Å². The summed E-state index contributed by atoms with van der Waals surface area (Å²) in [6.07, 6.45) is 2.09. The molecule has 9 nitrogen and oxygen atoms in total. The predicted molar refractivity (Wildman–Crippen MR) is 122 cm³/mol. The van der Waals surface area contributed by atoms with E-state index in [1.807, 2.05) is 18.7 Å². The van der Waals surface area contributed by atoms with Gasteiger partial charge >= 0.3 is 0 Å². The first-order chi connectivity index (χ1) is 15.1. The van der Waals surface area contributed by atoms with Crippen LogP contribution in [-0.2, 0) is 21.5 Å². The van der Waals surface area contributed by atoms with Gasteiger partial charge in [0.2, 0.25) is 6.41 Å². The molecule has 1 atom stereocenters. The van der Waals surface area contributed by atoms with Crippen molar-refractivity contribution in [1.29, 1.82) is 0 Å². The van der Waals surface area contributed by atoms with Crippen LogP contribution in [0.4, 0.5) is 15.8 Å². The molecule has 0 bridgehead atoms. The number of hydrazine groups is 1. The number of nitrogens with zero attached hydrogens (tertiary/aromatic N) is 5. The minimum Gasteiger partial charge on any atom is -0.294 e. The number of hydrogen-bond donors (Lipinski definition) is 1. The fraction of sp³-hybridized carbons (Fsp3) is 0.429. The van der Waals surface area contributed by atoms with Crippen LogP contribution >= 0.6 is 0 Å². The number of carbonyl (C=O) groups excluding carboxylic acids is 1. The molecule has 1 fully saturated rings. The van der Waals surface area contributed by atoms with Gasteiger partial charge < -0.3 is 0 Å². The van der Waals surface area contributed by atoms with Crippen LogP contribution in [0, 0.1) is 12.7 Å². The van der Waals surface area contributed by atoms with Crippen molar-refractivity contribution in [2.24, 2.45) is 0 Å². The van der Waals surface area contributed by atoms with Crippen LogP contribution in [0.2, 0.25) is 0 Å². The van der Waals surface area contributed by atoms with Crippen LogP contribution in [0.1, 0.15) is 18.2 Å². The Morgan fingerprint density at radius 1 is 1.25 bits per heavy atom. The molecule has 32 heavy (non-hydrogen) atoms. The molecule has 174 valence electrons. The Morgan fingerprint density at radius 3 is 2.59 bits per heavy atom. The van der Waals surface area contributed by atoms with Gasteiger partial charge in [-0.25, -0.2) is 9.40 Å². The number of rotatable bonds is 8. The van der Waals surface area contributed by atoms with E-state index >= 15 is 4.39 Å². The lowest BCUT2D eigenvalue weighted by Crippen LogP contribution is -2.55. The van der Waals surface area contributed by atoms with Gasteiger partial charge in [-0.3, -0.25) is 20.1 Å². The van der Waals surface area contributed by atoms with Crippen LogP contribution in [0.3, 0.4) is 0 Å². The molecule has 0 aliphatic carbocycles. The maximum atomic E-state index is 15.2. The monoisotopic (exact) mass is 464 g/mol. The molecule has 1 saturated heterocycles. The minimum atomic E-state index is -3.48. The van der Waals surface area contributed by atoms with Crippen LogP contribution in [0.5, 0.6) is 0 Å². The second kappa shape index (κ2) is 9.90. The van der Waals surface area contributed by atoms with Crippen molar-refractivity contribution in [2.45, 2.75) is 26.4 Å². The number of hydrogen-bond acceptors (Lipinski definition) is 6. The first kappa shape index (κ1) is 24.1. The quantitative estimate of drug-likeness (QED) is 0.474. The Balaban J connectivity index is 1.72. The van der Waals surface area contributed by atoms with Crippen LogP contribution in [0.15, 0.2) is 36.5 Å². The third-order valence-electron chi connectivity index (χ3n) is 5.49. The largest absolute Gasteiger partial charge is 0.294 e. The first-order valence-corrected chi connectivity index (χ1v) is 11.7. The Bertz CT molecular complexity index is 1050. The van der Waals surface area contributed by atoms with E-state index in [1.165, 1.54) is 33.9 Å². The maximum absolute atomic E-state index is 15.2. The molecule has 1 aromatic heterocycles. The third kappa shape index (κ3) is 5.23. The van der Waals surface area contributed by atoms with Crippen LogP contribution in [-0.4, -0.2) is 73.1 Å². The van der Waals surface area contributed by atoms with E-state index in [9.17, 15) is 13.2 Å². The first-order valence-electron chi connectivity index (χ1n) is 10.3. The van der Waals surface area contributed by atoms with E-state index in [4.69, 9.17) is 0 Å². The average Bonchev–Trinajstić information content (AvgIpc) is 2.76. The minimum absolute atomic E-state index is 0.0837. The summed E-state index contributed by atoms with van der Waals surface area (Å²) in [6.45, 7) is 5.24. The lowest BCUT2D eigenvalue weighted by Gasteiger charge is -2.40. The summed E-state index contributed by atoms with van der Waals surface area (Å²) < 4.78 is 42.7. The highest BCUT2D eigenvalue weighted by Gasteiger charge is 2.32. The molecule has 3 rings (SSSR count). The summed E-state index contributed by atoms with van der Waals surface area (Å²) >= 11 is 0. The molecule has 1 amide bonds. The molecule has 2 aromatic rings. The molecule has 1 aliphatic heterocycles. The highest BCUT2D eigenvalue weighted by molar-refractivity contribution is 7.86. The summed E-state index contributed by atoms with van der Waals surface area (Å²) in [6, 6.07) is 8.36. The topological polar surface area (TPSA) is 89.1 Å². The SMILES string of the molecule is Cc1ccc(N(C=O)Nc2cccc(CN3CCN(S(=O)(=O)N(C)C)C[C@@H]3C)c2F)cn1. The molecule has 1 N–H and O–H groups in total. The Morgan fingerprint density at radius 2 is 2.00 bits per heavy atom. The van der Waals surface area contributed by atoms with Crippen LogP contribution in [0.25, 0.3) is 0 Å². The number of benzene rings is 1. The van der Waals surface area contributed by atoms with Crippen molar-refractivity contribution in [3.63, 3.8) is 0 Å². The van der Waals surface area contributed by atoms with Gasteiger partial charge in [0.1, 0.15) is 0 Å². The molecule has 1 aromatic carbocycles. The van der Waals surface area contributed by atoms with E-state index in [0.717, 1.165) is 5.69 Å². The van der Waals surface area contributed by atoms with Gasteiger partial charge in [0.25, 0.3) is 10.2 Å². The van der Waals surface area contributed by atoms with Crippen molar-refractivity contribution in [1.82, 2.24) is 18.5 Å². The number of halogens is 1. The van der Waals surface area contributed by atoms with Gasteiger partial charge in [-0.2, -0.15) is 17.0 Å². The standard InChI is InChI=1S/C21H29FN6O3S/c1-16-8-9-19(12-23-16)28(15-29)24-20-7-5-6-18(21(20)22)14-26-10-11-27(13-17(26)2)32(30,31)25(3)4/h5-9,12,15,17,24H,10-11,13-14H2,1-4H3/t17-/m0/s1. The lowest BCUT2D eigenvalue weighted by atomic mass is 10.1. The van der Waals surface area contributed by atoms with Gasteiger partial charge in [0.15, 0.2) is 5.82 Å². The maximum Gasteiger partial charge on any atom is 0.281 e. The molecular weight excluding hydrogens is 435 g/mol. The predicted octanol–water partition coefficient (Wildman–Crippen LogP) is 1.83. The lowest BCUT2D eigenvalue weighted by molar-refractivity contribution is -0.107. The van der Waals surface area contributed by atoms with E-state index < -0.39 is 16.0 Å². The molecule has 0 spiro atoms. The summed E-state index contributed by atoms with van der Waals surface area (Å²) in [7, 11) is -0.458. The Hall–Kier alpha value is -2.60. The number of anilines is 2. The molecule has 1 aliphatic rings. The number of amides is 1. The van der Waals surface area contributed by atoms with Crippen molar-refractivity contribution in [3.8, 4) is 0 Å². The van der Waals surface area contributed by atoms with Crippen molar-refractivity contribution in [2.75, 3.05) is 44.2 Å². The second-order valence-corrected chi connectivity index (χ2v) is 10.1. The Kier molecular flexibility index (Phi) is 7.44. The van der Waals surface area contributed by atoms with E-state index in [-0.39, 0.29) is 11.7 Å². The zero-order chi connectivity index (χ0) is 23.5. The molecular formula is C21H29FN6O3S. The summed E-state index contributed by atoms with van der Waals surface area (Å²) in [4.78, 5) is 17.8. The fourth-order valence-corrected chi connectivity index (χ4v) is 4.71. The van der Waals surface area contributed by atoms with E-state index in [1.54, 1.807) is 30.3 Å². The number of aromatic nitrogens is 1. The Labute approximate surface area is 188 Å². The molecule has 0 saturated carbocycles. The number of piperazine rings is 1. The van der Waals surface area contributed by atoms with Crippen LogP contribution < -0.4 is 10.4 Å². The van der Waals surface area contributed by atoms with E-state index in [2.05, 4.69) is 10.4 Å². The molecule has 11 heteroatoms. The second-order valence-electron chi connectivity index (χ2n) is 7.99. The molecule has 0 unspecified atom stereocenters. The van der Waals surface area contributed by atoms with E-state index in [0.29, 0.717) is 43.8 Å². The summed E-state index contributed by atoms with van der Waals surface area (Å²) in [5.41, 5.74) is 4.71. The zero-order valence-electron chi connectivity index (χ0n) is 18.7.